The molecule has 5 N–H and O–H groups in total. The van der Waals surface area contributed by atoms with Gasteiger partial charge in [0.15, 0.2) is 0 Å². The summed E-state index contributed by atoms with van der Waals surface area (Å²) < 4.78 is 28.0. The minimum absolute atomic E-state index is 0. The maximum absolute atomic E-state index is 12.8. The molecule has 0 unspecified atom stereocenters. The van der Waals surface area contributed by atoms with Crippen LogP contribution >= 0.6 is 0 Å². The van der Waals surface area contributed by atoms with Crippen molar-refractivity contribution < 1.29 is 48.0 Å². The number of unbranched alkanes of at least 4 members (excludes halogenated alkanes) is 3. The van der Waals surface area contributed by atoms with Crippen LogP contribution < -0.4 is 29.8 Å². The van der Waals surface area contributed by atoms with Crippen LogP contribution in [0.4, 0.5) is 0 Å². The summed E-state index contributed by atoms with van der Waals surface area (Å²) in [7, 11) is 0. The van der Waals surface area contributed by atoms with Crippen molar-refractivity contribution in [2.75, 3.05) is 13.2 Å². The van der Waals surface area contributed by atoms with Crippen molar-refractivity contribution >= 4 is 23.9 Å². The first-order valence-electron chi connectivity index (χ1n) is 19.3. The molecule has 0 bridgehead atoms. The first-order valence-corrected chi connectivity index (χ1v) is 19.3. The number of carboxylic acid groups (broad SMARTS) is 1. The zero-order valence-electron chi connectivity index (χ0n) is 33.3. The van der Waals surface area contributed by atoms with Gasteiger partial charge in [-0.1, -0.05) is 63.8 Å². The van der Waals surface area contributed by atoms with E-state index in [1.54, 1.807) is 84.9 Å². The Kier molecular flexibility index (Phi) is 17.5. The standard InChI is InChI=1S/C47H48O10.H3N/c1-3-33(2)9-5-4-7-31-53-39-21-15-37(16-22-39)46(51)57-43-29-19-38(20-30-43)47(52)56-42-27-13-35(14-28-42)34-11-25-41(26-12-34)55-45(50)36-17-23-40(24-18-36)54-32-8-6-10-44(48)49;/h11-30,33H,3-10,31-32H2,1-2H3,(H,48,49);1H3/p+1/t33-;/m0./s1. The fourth-order valence-electron chi connectivity index (χ4n) is 5.70. The first kappa shape index (κ1) is 44.3. The topological polar surface area (TPSA) is 171 Å². The van der Waals surface area contributed by atoms with Crippen molar-refractivity contribution in [3.05, 3.63) is 138 Å². The van der Waals surface area contributed by atoms with E-state index >= 15 is 0 Å². The van der Waals surface area contributed by atoms with Gasteiger partial charge in [-0.2, -0.15) is 0 Å². The first-order chi connectivity index (χ1) is 27.7. The van der Waals surface area contributed by atoms with Crippen LogP contribution in [-0.2, 0) is 4.79 Å². The van der Waals surface area contributed by atoms with Gasteiger partial charge in [0.2, 0.25) is 0 Å². The van der Waals surface area contributed by atoms with Gasteiger partial charge < -0.3 is 34.9 Å². The third-order valence-corrected chi connectivity index (χ3v) is 9.30. The van der Waals surface area contributed by atoms with E-state index in [-0.39, 0.29) is 12.6 Å². The number of hydrogen-bond donors (Lipinski definition) is 2. The lowest BCUT2D eigenvalue weighted by molar-refractivity contribution is -0.137. The molecule has 0 spiro atoms. The van der Waals surface area contributed by atoms with E-state index in [2.05, 4.69) is 13.8 Å². The number of ether oxygens (including phenoxy) is 5. The molecule has 0 saturated heterocycles. The summed E-state index contributed by atoms with van der Waals surface area (Å²) in [5, 5.41) is 8.71. The van der Waals surface area contributed by atoms with Crippen LogP contribution in [0.2, 0.25) is 0 Å². The highest BCUT2D eigenvalue weighted by Gasteiger charge is 2.14. The van der Waals surface area contributed by atoms with Crippen LogP contribution in [0.3, 0.4) is 0 Å². The number of carboxylic acids is 1. The van der Waals surface area contributed by atoms with Crippen LogP contribution in [0.5, 0.6) is 28.7 Å². The minimum Gasteiger partial charge on any atom is -0.494 e. The molecule has 0 radical (unpaired) electrons. The average Bonchev–Trinajstić information content (AvgIpc) is 3.23. The predicted octanol–water partition coefficient (Wildman–Crippen LogP) is 11.0. The zero-order chi connectivity index (χ0) is 40.4. The Hall–Kier alpha value is -6.46. The molecule has 0 aromatic heterocycles. The van der Waals surface area contributed by atoms with Crippen molar-refractivity contribution in [2.24, 2.45) is 5.92 Å². The van der Waals surface area contributed by atoms with Gasteiger partial charge in [-0.15, -0.1) is 0 Å². The summed E-state index contributed by atoms with van der Waals surface area (Å²) in [6.45, 7) is 5.53. The van der Waals surface area contributed by atoms with Gasteiger partial charge in [0.05, 0.1) is 29.9 Å². The van der Waals surface area contributed by atoms with Gasteiger partial charge in [0.25, 0.3) is 0 Å². The van der Waals surface area contributed by atoms with Crippen molar-refractivity contribution in [3.8, 4) is 39.9 Å². The number of quaternary nitrogens is 1. The Morgan fingerprint density at radius 3 is 1.19 bits per heavy atom. The molecule has 0 aliphatic heterocycles. The summed E-state index contributed by atoms with van der Waals surface area (Å²) in [4.78, 5) is 48.8. The molecule has 5 aromatic carbocycles. The van der Waals surface area contributed by atoms with Crippen LogP contribution in [0.15, 0.2) is 121 Å². The molecule has 0 aliphatic carbocycles. The predicted molar refractivity (Wildman–Crippen MR) is 222 cm³/mol. The number of esters is 3. The van der Waals surface area contributed by atoms with Crippen molar-refractivity contribution in [3.63, 3.8) is 0 Å². The molecular formula is C47H52NO10+. The Labute approximate surface area is 339 Å². The monoisotopic (exact) mass is 790 g/mol. The van der Waals surface area contributed by atoms with Gasteiger partial charge in [0.1, 0.15) is 28.7 Å². The molecule has 0 heterocycles. The third-order valence-electron chi connectivity index (χ3n) is 9.30. The Morgan fingerprint density at radius 1 is 0.483 bits per heavy atom. The molecular weight excluding hydrogens is 739 g/mol. The summed E-state index contributed by atoms with van der Waals surface area (Å²) in [6, 6.07) is 33.6. The molecule has 0 amide bonds. The Morgan fingerprint density at radius 2 is 0.828 bits per heavy atom. The highest BCUT2D eigenvalue weighted by Crippen LogP contribution is 2.26. The SMILES string of the molecule is CC[C@H](C)CCCCCOc1ccc(C(=O)Oc2ccc(C(=O)Oc3ccc(-c4ccc(OC(=O)c5ccc(OCCCCC(=O)O)cc5)cc4)cc3)cc2)cc1.[NH4+]. The van der Waals surface area contributed by atoms with Gasteiger partial charge in [0, 0.05) is 6.42 Å². The number of rotatable bonds is 21. The number of aliphatic carboxylic acids is 1. The average molecular weight is 791 g/mol. The number of carbonyl (C=O) groups excluding carboxylic acids is 3. The molecule has 0 aliphatic rings. The van der Waals surface area contributed by atoms with Crippen LogP contribution in [0.25, 0.3) is 11.1 Å². The van der Waals surface area contributed by atoms with E-state index in [9.17, 15) is 19.2 Å². The number of hydrogen-bond acceptors (Lipinski definition) is 9. The lowest BCUT2D eigenvalue weighted by atomic mass is 10.0. The maximum atomic E-state index is 12.8. The van der Waals surface area contributed by atoms with Gasteiger partial charge in [-0.05, 0) is 133 Å². The molecule has 58 heavy (non-hydrogen) atoms. The summed E-state index contributed by atoms with van der Waals surface area (Å²) in [5.41, 5.74) is 2.77. The van der Waals surface area contributed by atoms with Crippen LogP contribution in [0.1, 0.15) is 96.3 Å². The third kappa shape index (κ3) is 14.2. The van der Waals surface area contributed by atoms with Crippen LogP contribution in [-0.4, -0.2) is 42.2 Å². The quantitative estimate of drug-likeness (QED) is 0.0414. The fourth-order valence-corrected chi connectivity index (χ4v) is 5.70. The largest absolute Gasteiger partial charge is 0.494 e. The van der Waals surface area contributed by atoms with E-state index in [4.69, 9.17) is 28.8 Å². The molecule has 11 heteroatoms. The Balaban J connectivity index is 0.00000744. The normalized spacial score (nSPS) is 11.1. The smallest absolute Gasteiger partial charge is 0.343 e. The van der Waals surface area contributed by atoms with E-state index in [0.717, 1.165) is 29.9 Å². The van der Waals surface area contributed by atoms with Crippen molar-refractivity contribution in [2.45, 2.75) is 65.2 Å². The number of carbonyl (C=O) groups is 4. The van der Waals surface area contributed by atoms with Gasteiger partial charge in [-0.3, -0.25) is 4.79 Å². The van der Waals surface area contributed by atoms with Crippen molar-refractivity contribution in [1.82, 2.24) is 6.15 Å². The molecule has 5 rings (SSSR count). The van der Waals surface area contributed by atoms with Crippen molar-refractivity contribution in [1.29, 1.82) is 0 Å². The molecule has 1 atom stereocenters. The van der Waals surface area contributed by atoms with Gasteiger partial charge in [-0.25, -0.2) is 14.4 Å². The summed E-state index contributed by atoms with van der Waals surface area (Å²) in [6.07, 6.45) is 7.06. The molecule has 0 fully saturated rings. The van der Waals surface area contributed by atoms with E-state index in [1.165, 1.54) is 31.4 Å². The summed E-state index contributed by atoms with van der Waals surface area (Å²) in [5.74, 6) is 0.655. The summed E-state index contributed by atoms with van der Waals surface area (Å²) >= 11 is 0. The van der Waals surface area contributed by atoms with E-state index in [1.807, 2.05) is 24.3 Å². The molecule has 304 valence electrons. The van der Waals surface area contributed by atoms with E-state index < -0.39 is 23.9 Å². The lowest BCUT2D eigenvalue weighted by Gasteiger charge is -2.09. The second-order valence-corrected chi connectivity index (χ2v) is 13.7. The zero-order valence-corrected chi connectivity index (χ0v) is 33.3. The van der Waals surface area contributed by atoms with E-state index in [0.29, 0.717) is 71.5 Å². The fraction of sp³-hybridized carbons (Fsp3) is 0.277. The molecule has 5 aromatic rings. The highest BCUT2D eigenvalue weighted by molar-refractivity contribution is 5.93. The van der Waals surface area contributed by atoms with Gasteiger partial charge >= 0.3 is 23.9 Å². The second-order valence-electron chi connectivity index (χ2n) is 13.7. The second kappa shape index (κ2) is 22.9. The molecule has 11 nitrogen and oxygen atoms in total. The minimum atomic E-state index is -0.830. The number of benzene rings is 5. The maximum Gasteiger partial charge on any atom is 0.343 e. The van der Waals surface area contributed by atoms with Crippen LogP contribution in [0, 0.1) is 5.92 Å². The highest BCUT2D eigenvalue weighted by atomic mass is 16.5. The Bertz CT molecular complexity index is 2040. The molecule has 0 saturated carbocycles. The lowest BCUT2D eigenvalue weighted by Crippen LogP contribution is -2.10.